The topological polar surface area (TPSA) is 44.1 Å². The van der Waals surface area contributed by atoms with E-state index in [1.807, 2.05) is 6.07 Å². The predicted octanol–water partition coefficient (Wildman–Crippen LogP) is 2.50. The minimum atomic E-state index is -0.395. The molecule has 0 spiro atoms. The van der Waals surface area contributed by atoms with Crippen molar-refractivity contribution in [1.29, 1.82) is 5.26 Å². The average molecular weight is 246 g/mol. The van der Waals surface area contributed by atoms with Crippen LogP contribution >= 0.6 is 0 Å². The first-order valence-electron chi connectivity index (χ1n) is 6.07. The van der Waals surface area contributed by atoms with Crippen molar-refractivity contribution in [2.75, 3.05) is 18.0 Å². The van der Waals surface area contributed by atoms with Crippen molar-refractivity contribution >= 4 is 11.5 Å². The van der Waals surface area contributed by atoms with Crippen LogP contribution < -0.4 is 4.90 Å². The molecular weight excluding hydrogens is 231 g/mol. The average Bonchev–Trinajstić information content (AvgIpc) is 2.38. The highest BCUT2D eigenvalue weighted by atomic mass is 19.1. The lowest BCUT2D eigenvalue weighted by atomic mass is 9.93. The molecule has 18 heavy (non-hydrogen) atoms. The SMILES string of the molecule is CC(=O)C1CCN(c2ccc(F)cc2C#N)CC1. The summed E-state index contributed by atoms with van der Waals surface area (Å²) in [6, 6.07) is 6.28. The van der Waals surface area contributed by atoms with Gasteiger partial charge in [-0.25, -0.2) is 4.39 Å². The fraction of sp³-hybridized carbons (Fsp3) is 0.429. The Morgan fingerprint density at radius 1 is 1.44 bits per heavy atom. The summed E-state index contributed by atoms with van der Waals surface area (Å²) >= 11 is 0. The molecule has 1 heterocycles. The second-order valence-electron chi connectivity index (χ2n) is 4.65. The second-order valence-corrected chi connectivity index (χ2v) is 4.65. The van der Waals surface area contributed by atoms with Gasteiger partial charge in [-0.3, -0.25) is 4.79 Å². The lowest BCUT2D eigenvalue weighted by Gasteiger charge is -2.33. The van der Waals surface area contributed by atoms with E-state index in [9.17, 15) is 9.18 Å². The molecule has 1 saturated heterocycles. The van der Waals surface area contributed by atoms with Crippen LogP contribution in [0, 0.1) is 23.1 Å². The van der Waals surface area contributed by atoms with Crippen molar-refractivity contribution in [2.24, 2.45) is 5.92 Å². The van der Waals surface area contributed by atoms with Crippen LogP contribution in [0.2, 0.25) is 0 Å². The van der Waals surface area contributed by atoms with Gasteiger partial charge in [0.2, 0.25) is 0 Å². The summed E-state index contributed by atoms with van der Waals surface area (Å²) in [7, 11) is 0. The molecule has 3 nitrogen and oxygen atoms in total. The standard InChI is InChI=1S/C14H15FN2O/c1-10(18)11-4-6-17(7-5-11)14-3-2-13(15)8-12(14)9-16/h2-3,8,11H,4-7H2,1H3. The molecule has 0 aliphatic carbocycles. The molecule has 0 unspecified atom stereocenters. The number of anilines is 1. The molecule has 0 bridgehead atoms. The molecule has 0 amide bonds. The largest absolute Gasteiger partial charge is 0.370 e. The molecule has 1 fully saturated rings. The Kier molecular flexibility index (Phi) is 3.61. The van der Waals surface area contributed by atoms with Gasteiger partial charge in [0.15, 0.2) is 0 Å². The first-order valence-corrected chi connectivity index (χ1v) is 6.07. The van der Waals surface area contributed by atoms with E-state index in [-0.39, 0.29) is 11.7 Å². The third-order valence-corrected chi connectivity index (χ3v) is 3.49. The third-order valence-electron chi connectivity index (χ3n) is 3.49. The van der Waals surface area contributed by atoms with Crippen LogP contribution in [-0.4, -0.2) is 18.9 Å². The van der Waals surface area contributed by atoms with Crippen molar-refractivity contribution in [1.82, 2.24) is 0 Å². The Hall–Kier alpha value is -1.89. The first-order chi connectivity index (χ1) is 8.61. The highest BCUT2D eigenvalue weighted by Gasteiger charge is 2.23. The van der Waals surface area contributed by atoms with Crippen molar-refractivity contribution < 1.29 is 9.18 Å². The summed E-state index contributed by atoms with van der Waals surface area (Å²) < 4.78 is 13.1. The second kappa shape index (κ2) is 5.18. The zero-order chi connectivity index (χ0) is 13.1. The summed E-state index contributed by atoms with van der Waals surface area (Å²) in [5, 5.41) is 9.02. The van der Waals surface area contributed by atoms with Gasteiger partial charge in [0.25, 0.3) is 0 Å². The number of benzene rings is 1. The van der Waals surface area contributed by atoms with Crippen LogP contribution in [0.5, 0.6) is 0 Å². The molecule has 0 saturated carbocycles. The van der Waals surface area contributed by atoms with Gasteiger partial charge in [-0.2, -0.15) is 5.26 Å². The quantitative estimate of drug-likeness (QED) is 0.805. The van der Waals surface area contributed by atoms with Crippen molar-refractivity contribution in [3.05, 3.63) is 29.6 Å². The number of piperidine rings is 1. The molecule has 2 rings (SSSR count). The maximum Gasteiger partial charge on any atom is 0.133 e. The van der Waals surface area contributed by atoms with Crippen LogP contribution in [0.3, 0.4) is 0 Å². The van der Waals surface area contributed by atoms with E-state index in [0.717, 1.165) is 31.6 Å². The van der Waals surface area contributed by atoms with E-state index in [2.05, 4.69) is 4.90 Å². The fourth-order valence-electron chi connectivity index (χ4n) is 2.40. The molecule has 1 aromatic carbocycles. The Morgan fingerprint density at radius 3 is 2.67 bits per heavy atom. The molecule has 0 atom stereocenters. The summed E-state index contributed by atoms with van der Waals surface area (Å²) in [6.07, 6.45) is 1.61. The number of halogens is 1. The van der Waals surface area contributed by atoms with Crippen LogP contribution in [0.1, 0.15) is 25.3 Å². The van der Waals surface area contributed by atoms with Gasteiger partial charge >= 0.3 is 0 Å². The lowest BCUT2D eigenvalue weighted by molar-refractivity contribution is -0.121. The Balaban J connectivity index is 2.15. The molecule has 0 aromatic heterocycles. The van der Waals surface area contributed by atoms with Gasteiger partial charge in [0.1, 0.15) is 17.7 Å². The van der Waals surface area contributed by atoms with Crippen LogP contribution in [0.15, 0.2) is 18.2 Å². The van der Waals surface area contributed by atoms with Gasteiger partial charge < -0.3 is 4.90 Å². The minimum Gasteiger partial charge on any atom is -0.370 e. The number of carbonyl (C=O) groups excluding carboxylic acids is 1. The maximum atomic E-state index is 13.1. The van der Waals surface area contributed by atoms with Crippen LogP contribution in [0.25, 0.3) is 0 Å². The number of Topliss-reactive ketones (excluding diaryl/α,β-unsaturated/α-hetero) is 1. The van der Waals surface area contributed by atoms with E-state index in [0.29, 0.717) is 5.56 Å². The zero-order valence-corrected chi connectivity index (χ0v) is 10.3. The molecule has 0 N–H and O–H groups in total. The number of nitriles is 1. The van der Waals surface area contributed by atoms with Crippen LogP contribution in [-0.2, 0) is 4.79 Å². The Morgan fingerprint density at radius 2 is 2.11 bits per heavy atom. The Labute approximate surface area is 106 Å². The van der Waals surface area contributed by atoms with E-state index < -0.39 is 5.82 Å². The van der Waals surface area contributed by atoms with E-state index in [1.165, 1.54) is 12.1 Å². The third kappa shape index (κ3) is 2.51. The monoisotopic (exact) mass is 246 g/mol. The van der Waals surface area contributed by atoms with Crippen molar-refractivity contribution in [2.45, 2.75) is 19.8 Å². The first kappa shape index (κ1) is 12.6. The van der Waals surface area contributed by atoms with E-state index >= 15 is 0 Å². The van der Waals surface area contributed by atoms with E-state index in [4.69, 9.17) is 5.26 Å². The lowest BCUT2D eigenvalue weighted by Crippen LogP contribution is -2.36. The summed E-state index contributed by atoms with van der Waals surface area (Å²) in [5.41, 5.74) is 1.12. The number of ketones is 1. The Bertz CT molecular complexity index is 499. The smallest absolute Gasteiger partial charge is 0.133 e. The maximum absolute atomic E-state index is 13.1. The number of hydrogen-bond acceptors (Lipinski definition) is 3. The molecule has 0 radical (unpaired) electrons. The van der Waals surface area contributed by atoms with Crippen molar-refractivity contribution in [3.8, 4) is 6.07 Å². The molecule has 4 heteroatoms. The molecule has 94 valence electrons. The van der Waals surface area contributed by atoms with Gasteiger partial charge in [0, 0.05) is 19.0 Å². The summed E-state index contributed by atoms with van der Waals surface area (Å²) in [4.78, 5) is 13.3. The summed E-state index contributed by atoms with van der Waals surface area (Å²) in [5.74, 6) is -0.0320. The minimum absolute atomic E-state index is 0.132. The number of nitrogens with zero attached hydrogens (tertiary/aromatic N) is 2. The predicted molar refractivity (Wildman–Crippen MR) is 66.7 cm³/mol. The molecule has 1 aliphatic heterocycles. The highest BCUT2D eigenvalue weighted by molar-refractivity contribution is 5.78. The molecular formula is C14H15FN2O. The van der Waals surface area contributed by atoms with Gasteiger partial charge in [0.05, 0.1) is 11.3 Å². The van der Waals surface area contributed by atoms with Crippen LogP contribution in [0.4, 0.5) is 10.1 Å². The molecule has 1 aliphatic rings. The van der Waals surface area contributed by atoms with Gasteiger partial charge in [-0.05, 0) is 38.0 Å². The van der Waals surface area contributed by atoms with Gasteiger partial charge in [-0.15, -0.1) is 0 Å². The normalized spacial score (nSPS) is 16.4. The molecule has 1 aromatic rings. The van der Waals surface area contributed by atoms with Crippen molar-refractivity contribution in [3.63, 3.8) is 0 Å². The summed E-state index contributed by atoms with van der Waals surface area (Å²) in [6.45, 7) is 3.11. The number of hydrogen-bond donors (Lipinski definition) is 0. The van der Waals surface area contributed by atoms with E-state index in [1.54, 1.807) is 13.0 Å². The number of carbonyl (C=O) groups is 1. The fourth-order valence-corrected chi connectivity index (χ4v) is 2.40. The zero-order valence-electron chi connectivity index (χ0n) is 10.3. The number of rotatable bonds is 2. The van der Waals surface area contributed by atoms with Gasteiger partial charge in [-0.1, -0.05) is 0 Å². The highest BCUT2D eigenvalue weighted by Crippen LogP contribution is 2.26.